The number of fused-ring (bicyclic) bond motifs is 1. The second-order valence-electron chi connectivity index (χ2n) is 7.95. The lowest BCUT2D eigenvalue weighted by Crippen LogP contribution is -2.43. The smallest absolute Gasteiger partial charge is 0.153 e. The second kappa shape index (κ2) is 7.84. The van der Waals surface area contributed by atoms with E-state index in [0.29, 0.717) is 0 Å². The Morgan fingerprint density at radius 2 is 1.73 bits per heavy atom. The molecule has 30 heavy (non-hydrogen) atoms. The summed E-state index contributed by atoms with van der Waals surface area (Å²) in [4.78, 5) is 9.27. The van der Waals surface area contributed by atoms with Gasteiger partial charge in [0.05, 0.1) is 0 Å². The molecule has 2 aromatic carbocycles. The molecule has 0 amide bonds. The van der Waals surface area contributed by atoms with Gasteiger partial charge in [-0.25, -0.2) is 0 Å². The van der Waals surface area contributed by atoms with Crippen LogP contribution in [-0.4, -0.2) is 45.3 Å². The average Bonchev–Trinajstić information content (AvgIpc) is 3.23. The molecule has 0 aliphatic carbocycles. The Morgan fingerprint density at radius 3 is 2.50 bits per heavy atom. The summed E-state index contributed by atoms with van der Waals surface area (Å²) in [6.07, 6.45) is 3.75. The normalized spacial score (nSPS) is 14.3. The number of hydrogen-bond donors (Lipinski definition) is 1. The number of piperazine rings is 1. The van der Waals surface area contributed by atoms with Crippen LogP contribution in [0.1, 0.15) is 0 Å². The van der Waals surface area contributed by atoms with E-state index in [0.717, 1.165) is 65.2 Å². The maximum absolute atomic E-state index is 5.89. The third-order valence-corrected chi connectivity index (χ3v) is 5.77. The number of benzene rings is 2. The second-order valence-corrected chi connectivity index (χ2v) is 7.95. The molecule has 1 saturated heterocycles. The fraction of sp³-hybridized carbons (Fsp3) is 0.240. The third kappa shape index (κ3) is 3.53. The zero-order valence-electron chi connectivity index (χ0n) is 17.4. The summed E-state index contributed by atoms with van der Waals surface area (Å²) in [5, 5.41) is 3.40. The monoisotopic (exact) mass is 398 g/mol. The van der Waals surface area contributed by atoms with E-state index >= 15 is 0 Å². The van der Waals surface area contributed by atoms with Crippen LogP contribution >= 0.6 is 0 Å². The van der Waals surface area contributed by atoms with Crippen LogP contribution in [0.15, 0.2) is 71.5 Å². The molecule has 4 aromatic rings. The lowest BCUT2D eigenvalue weighted by molar-refractivity contribution is 0.589. The Kier molecular flexibility index (Phi) is 4.89. The van der Waals surface area contributed by atoms with E-state index in [4.69, 9.17) is 9.40 Å². The number of hydrogen-bond acceptors (Lipinski definition) is 5. The van der Waals surface area contributed by atoms with Crippen LogP contribution in [0.25, 0.3) is 33.4 Å². The number of aromatic nitrogens is 1. The SMILES string of the molecule is CN(C)c1cccc(-c2coc3cc(-c4ccc(N5CCNCC5)cc4)cnc23)c1. The fourth-order valence-electron chi connectivity index (χ4n) is 4.02. The largest absolute Gasteiger partial charge is 0.462 e. The highest BCUT2D eigenvalue weighted by molar-refractivity contribution is 5.93. The van der Waals surface area contributed by atoms with Crippen molar-refractivity contribution in [3.63, 3.8) is 0 Å². The van der Waals surface area contributed by atoms with Crippen molar-refractivity contribution >= 4 is 22.5 Å². The van der Waals surface area contributed by atoms with Crippen LogP contribution in [0.4, 0.5) is 11.4 Å². The van der Waals surface area contributed by atoms with Gasteiger partial charge in [-0.2, -0.15) is 0 Å². The molecule has 1 N–H and O–H groups in total. The maximum atomic E-state index is 5.89. The molecule has 0 spiro atoms. The van der Waals surface area contributed by atoms with E-state index < -0.39 is 0 Å². The van der Waals surface area contributed by atoms with Crippen LogP contribution in [0.3, 0.4) is 0 Å². The number of anilines is 2. The Hall–Kier alpha value is -3.31. The first-order chi connectivity index (χ1) is 14.7. The number of nitrogens with one attached hydrogen (secondary N) is 1. The highest BCUT2D eigenvalue weighted by Gasteiger charge is 2.13. The van der Waals surface area contributed by atoms with E-state index in [1.165, 1.54) is 5.69 Å². The van der Waals surface area contributed by atoms with Crippen LogP contribution in [0.5, 0.6) is 0 Å². The van der Waals surface area contributed by atoms with Gasteiger partial charge in [-0.05, 0) is 41.5 Å². The maximum Gasteiger partial charge on any atom is 0.153 e. The van der Waals surface area contributed by atoms with Gasteiger partial charge in [-0.1, -0.05) is 24.3 Å². The van der Waals surface area contributed by atoms with Crippen molar-refractivity contribution in [2.24, 2.45) is 0 Å². The Bertz CT molecular complexity index is 1160. The number of nitrogens with zero attached hydrogens (tertiary/aromatic N) is 3. The molecule has 5 nitrogen and oxygen atoms in total. The van der Waals surface area contributed by atoms with Crippen LogP contribution in [-0.2, 0) is 0 Å². The molecule has 1 fully saturated rings. The van der Waals surface area contributed by atoms with Crippen molar-refractivity contribution in [1.82, 2.24) is 10.3 Å². The van der Waals surface area contributed by atoms with Crippen molar-refractivity contribution in [2.45, 2.75) is 0 Å². The molecular weight excluding hydrogens is 372 g/mol. The minimum atomic E-state index is 0.809. The highest BCUT2D eigenvalue weighted by Crippen LogP contribution is 2.33. The van der Waals surface area contributed by atoms with Crippen molar-refractivity contribution in [1.29, 1.82) is 0 Å². The van der Waals surface area contributed by atoms with Crippen LogP contribution in [0.2, 0.25) is 0 Å². The van der Waals surface area contributed by atoms with Gasteiger partial charge in [0.25, 0.3) is 0 Å². The molecule has 3 heterocycles. The minimum absolute atomic E-state index is 0.809. The summed E-state index contributed by atoms with van der Waals surface area (Å²) >= 11 is 0. The van der Waals surface area contributed by atoms with Crippen molar-refractivity contribution in [3.05, 3.63) is 67.1 Å². The molecule has 1 aliphatic heterocycles. The molecule has 0 radical (unpaired) electrons. The molecule has 0 bridgehead atoms. The molecule has 1 aliphatic rings. The zero-order chi connectivity index (χ0) is 20.5. The van der Waals surface area contributed by atoms with Crippen molar-refractivity contribution in [2.75, 3.05) is 50.1 Å². The first kappa shape index (κ1) is 18.7. The summed E-state index contributed by atoms with van der Waals surface area (Å²) < 4.78 is 5.89. The fourth-order valence-corrected chi connectivity index (χ4v) is 4.02. The molecule has 2 aromatic heterocycles. The van der Waals surface area contributed by atoms with Gasteiger partial charge in [0, 0.05) is 69.0 Å². The van der Waals surface area contributed by atoms with Gasteiger partial charge in [0.15, 0.2) is 5.58 Å². The molecule has 5 heteroatoms. The van der Waals surface area contributed by atoms with E-state index in [1.54, 1.807) is 0 Å². The standard InChI is InChI=1S/C25H26N4O/c1-28(2)22-5-3-4-19(14-22)23-17-30-24-15-20(16-27-25(23)24)18-6-8-21(9-7-18)29-12-10-26-11-13-29/h3-9,14-17,26H,10-13H2,1-2H3. The van der Waals surface area contributed by atoms with E-state index in [-0.39, 0.29) is 0 Å². The van der Waals surface area contributed by atoms with Gasteiger partial charge >= 0.3 is 0 Å². The lowest BCUT2D eigenvalue weighted by Gasteiger charge is -2.29. The van der Waals surface area contributed by atoms with Gasteiger partial charge in [-0.3, -0.25) is 4.98 Å². The quantitative estimate of drug-likeness (QED) is 0.543. The van der Waals surface area contributed by atoms with E-state index in [1.807, 2.05) is 26.6 Å². The summed E-state index contributed by atoms with van der Waals surface area (Å²) in [5.74, 6) is 0. The third-order valence-electron chi connectivity index (χ3n) is 5.77. The molecule has 0 atom stereocenters. The van der Waals surface area contributed by atoms with Crippen LogP contribution < -0.4 is 15.1 Å². The van der Waals surface area contributed by atoms with Gasteiger partial charge in [-0.15, -0.1) is 0 Å². The van der Waals surface area contributed by atoms with Crippen molar-refractivity contribution in [3.8, 4) is 22.3 Å². The van der Waals surface area contributed by atoms with Gasteiger partial charge < -0.3 is 19.5 Å². The first-order valence-corrected chi connectivity index (χ1v) is 10.4. The Balaban J connectivity index is 1.44. The van der Waals surface area contributed by atoms with Gasteiger partial charge in [0.1, 0.15) is 11.8 Å². The predicted molar refractivity (Wildman–Crippen MR) is 124 cm³/mol. The molecule has 152 valence electrons. The van der Waals surface area contributed by atoms with Gasteiger partial charge in [0.2, 0.25) is 0 Å². The molecular formula is C25H26N4O. The lowest BCUT2D eigenvalue weighted by atomic mass is 10.0. The topological polar surface area (TPSA) is 44.5 Å². The number of pyridine rings is 1. The highest BCUT2D eigenvalue weighted by atomic mass is 16.3. The summed E-state index contributed by atoms with van der Waals surface area (Å²) in [6.45, 7) is 4.19. The van der Waals surface area contributed by atoms with E-state index in [2.05, 4.69) is 69.7 Å². The Labute approximate surface area is 176 Å². The summed E-state index contributed by atoms with van der Waals surface area (Å²) in [7, 11) is 4.09. The number of furan rings is 1. The number of rotatable bonds is 4. The molecule has 0 saturated carbocycles. The predicted octanol–water partition coefficient (Wildman–Crippen LogP) is 4.64. The Morgan fingerprint density at radius 1 is 0.933 bits per heavy atom. The average molecular weight is 399 g/mol. The summed E-state index contributed by atoms with van der Waals surface area (Å²) in [5.41, 5.74) is 8.48. The molecule has 5 rings (SSSR count). The summed E-state index contributed by atoms with van der Waals surface area (Å²) in [6, 6.07) is 19.3. The van der Waals surface area contributed by atoms with E-state index in [9.17, 15) is 0 Å². The minimum Gasteiger partial charge on any atom is -0.462 e. The first-order valence-electron chi connectivity index (χ1n) is 10.4. The molecule has 0 unspecified atom stereocenters. The van der Waals surface area contributed by atoms with Crippen LogP contribution in [0, 0.1) is 0 Å². The zero-order valence-corrected chi connectivity index (χ0v) is 17.4. The van der Waals surface area contributed by atoms with Crippen molar-refractivity contribution < 1.29 is 4.42 Å².